The van der Waals surface area contributed by atoms with Crippen molar-refractivity contribution in [2.24, 2.45) is 0 Å². The summed E-state index contributed by atoms with van der Waals surface area (Å²) in [6.07, 6.45) is 4.91. The van der Waals surface area contributed by atoms with Crippen molar-refractivity contribution < 1.29 is 23.7 Å². The monoisotopic (exact) mass is 372 g/mol. The van der Waals surface area contributed by atoms with Crippen LogP contribution in [0.15, 0.2) is 0 Å². The summed E-state index contributed by atoms with van der Waals surface area (Å²) >= 11 is 0. The Bertz CT molecular complexity index is 411. The third-order valence-electron chi connectivity index (χ3n) is 5.10. The minimum atomic E-state index is -0.130. The van der Waals surface area contributed by atoms with E-state index < -0.39 is 0 Å². The van der Waals surface area contributed by atoms with E-state index in [-0.39, 0.29) is 23.8 Å². The second-order valence-electron chi connectivity index (χ2n) is 7.50. The first-order chi connectivity index (χ1) is 12.5. The zero-order valence-electron chi connectivity index (χ0n) is 16.6. The molecule has 2 heterocycles. The SMILES string of the molecule is COCCCNC(=O)N1CCC2(CC1)CC(OCCOC(C)C)CCO2. The molecule has 0 radical (unpaired) electrons. The Morgan fingerprint density at radius 1 is 1.27 bits per heavy atom. The van der Waals surface area contributed by atoms with E-state index in [9.17, 15) is 4.79 Å². The van der Waals surface area contributed by atoms with Gasteiger partial charge in [0.25, 0.3) is 0 Å². The largest absolute Gasteiger partial charge is 0.385 e. The number of amides is 2. The first kappa shape index (κ1) is 21.4. The predicted molar refractivity (Wildman–Crippen MR) is 99.4 cm³/mol. The number of urea groups is 1. The molecule has 26 heavy (non-hydrogen) atoms. The third-order valence-corrected chi connectivity index (χ3v) is 5.10. The second kappa shape index (κ2) is 11.1. The lowest BCUT2D eigenvalue weighted by molar-refractivity contribution is -0.155. The fraction of sp³-hybridized carbons (Fsp3) is 0.947. The van der Waals surface area contributed by atoms with Crippen molar-refractivity contribution >= 4 is 6.03 Å². The van der Waals surface area contributed by atoms with Gasteiger partial charge in [-0.1, -0.05) is 0 Å². The highest BCUT2D eigenvalue weighted by molar-refractivity contribution is 5.74. The highest BCUT2D eigenvalue weighted by Gasteiger charge is 2.41. The fourth-order valence-electron chi connectivity index (χ4n) is 3.61. The molecule has 2 aliphatic heterocycles. The zero-order chi connectivity index (χ0) is 18.8. The number of carbonyl (C=O) groups excluding carboxylic acids is 1. The van der Waals surface area contributed by atoms with Crippen LogP contribution in [0.5, 0.6) is 0 Å². The highest BCUT2D eigenvalue weighted by atomic mass is 16.5. The van der Waals surface area contributed by atoms with E-state index in [0.717, 1.165) is 51.8 Å². The third kappa shape index (κ3) is 7.02. The summed E-state index contributed by atoms with van der Waals surface area (Å²) in [6.45, 7) is 8.86. The van der Waals surface area contributed by atoms with Gasteiger partial charge in [0.1, 0.15) is 0 Å². The standard InChI is InChI=1S/C19H36N2O5/c1-16(2)24-13-14-25-17-5-12-26-19(15-17)6-9-21(10-7-19)18(22)20-8-4-11-23-3/h16-17H,4-15H2,1-3H3,(H,20,22). The van der Waals surface area contributed by atoms with Gasteiger partial charge in [-0.25, -0.2) is 4.79 Å². The minimum Gasteiger partial charge on any atom is -0.385 e. The Hall–Kier alpha value is -0.890. The van der Waals surface area contributed by atoms with Crippen molar-refractivity contribution in [2.75, 3.05) is 53.2 Å². The molecule has 2 fully saturated rings. The van der Waals surface area contributed by atoms with Gasteiger partial charge in [-0.3, -0.25) is 0 Å². The van der Waals surface area contributed by atoms with Gasteiger partial charge in [-0.2, -0.15) is 0 Å². The van der Waals surface area contributed by atoms with Crippen LogP contribution in [0.25, 0.3) is 0 Å². The minimum absolute atomic E-state index is 0.0189. The van der Waals surface area contributed by atoms with Gasteiger partial charge < -0.3 is 29.2 Å². The van der Waals surface area contributed by atoms with Crippen LogP contribution in [-0.4, -0.2) is 81.9 Å². The summed E-state index contributed by atoms with van der Waals surface area (Å²) < 4.78 is 22.7. The Balaban J connectivity index is 1.68. The van der Waals surface area contributed by atoms with Crippen molar-refractivity contribution in [3.63, 3.8) is 0 Å². The van der Waals surface area contributed by atoms with Crippen molar-refractivity contribution in [1.82, 2.24) is 10.2 Å². The average Bonchev–Trinajstić information content (AvgIpc) is 2.63. The molecule has 1 N–H and O–H groups in total. The van der Waals surface area contributed by atoms with Crippen molar-refractivity contribution in [3.05, 3.63) is 0 Å². The number of nitrogens with zero attached hydrogens (tertiary/aromatic N) is 1. The van der Waals surface area contributed by atoms with E-state index in [1.807, 2.05) is 18.7 Å². The molecule has 0 bridgehead atoms. The van der Waals surface area contributed by atoms with E-state index in [0.29, 0.717) is 26.4 Å². The number of piperidine rings is 1. The molecule has 7 nitrogen and oxygen atoms in total. The summed E-state index contributed by atoms with van der Waals surface area (Å²) in [5.41, 5.74) is -0.130. The lowest BCUT2D eigenvalue weighted by Gasteiger charge is -2.46. The van der Waals surface area contributed by atoms with Crippen LogP contribution in [0, 0.1) is 0 Å². The molecule has 0 aromatic heterocycles. The van der Waals surface area contributed by atoms with E-state index in [1.54, 1.807) is 7.11 Å². The van der Waals surface area contributed by atoms with Crippen molar-refractivity contribution in [3.8, 4) is 0 Å². The summed E-state index contributed by atoms with van der Waals surface area (Å²) in [7, 11) is 1.67. The number of likely N-dealkylation sites (tertiary alicyclic amines) is 1. The number of ether oxygens (including phenoxy) is 4. The number of carbonyl (C=O) groups is 1. The molecule has 0 aromatic carbocycles. The Kier molecular flexibility index (Phi) is 9.11. The summed E-state index contributed by atoms with van der Waals surface area (Å²) in [6, 6.07) is 0.0189. The maximum Gasteiger partial charge on any atom is 0.317 e. The lowest BCUT2D eigenvalue weighted by Crippen LogP contribution is -2.53. The van der Waals surface area contributed by atoms with Crippen LogP contribution in [0.4, 0.5) is 4.79 Å². The molecule has 1 unspecified atom stereocenters. The Morgan fingerprint density at radius 2 is 2.04 bits per heavy atom. The molecule has 1 spiro atoms. The second-order valence-corrected chi connectivity index (χ2v) is 7.50. The van der Waals surface area contributed by atoms with Crippen LogP contribution in [0.1, 0.15) is 46.0 Å². The Labute approximate surface area is 157 Å². The summed E-state index contributed by atoms with van der Waals surface area (Å²) in [5, 5.41) is 2.96. The zero-order valence-corrected chi connectivity index (χ0v) is 16.6. The topological polar surface area (TPSA) is 69.3 Å². The summed E-state index contributed by atoms with van der Waals surface area (Å²) in [5.74, 6) is 0. The van der Waals surface area contributed by atoms with E-state index in [1.165, 1.54) is 0 Å². The quantitative estimate of drug-likeness (QED) is 0.628. The van der Waals surface area contributed by atoms with Gasteiger partial charge in [0, 0.05) is 46.4 Å². The molecule has 2 aliphatic rings. The molecule has 1 atom stereocenters. The number of nitrogens with one attached hydrogen (secondary N) is 1. The molecule has 0 aliphatic carbocycles. The van der Waals surface area contributed by atoms with Crippen molar-refractivity contribution in [2.45, 2.75) is 63.8 Å². The predicted octanol–water partition coefficient (Wildman–Crippen LogP) is 2.19. The molecule has 2 saturated heterocycles. The molecule has 7 heteroatoms. The van der Waals surface area contributed by atoms with Gasteiger partial charge >= 0.3 is 6.03 Å². The molecule has 2 amide bonds. The van der Waals surface area contributed by atoms with Crippen LogP contribution in [0.2, 0.25) is 0 Å². The molecular weight excluding hydrogens is 336 g/mol. The van der Waals surface area contributed by atoms with Crippen LogP contribution < -0.4 is 5.32 Å². The van der Waals surface area contributed by atoms with Gasteiger partial charge in [0.2, 0.25) is 0 Å². The fourth-order valence-corrected chi connectivity index (χ4v) is 3.61. The van der Waals surface area contributed by atoms with Crippen LogP contribution in [-0.2, 0) is 18.9 Å². The number of hydrogen-bond donors (Lipinski definition) is 1. The molecular formula is C19H36N2O5. The van der Waals surface area contributed by atoms with Gasteiger partial charge in [0.15, 0.2) is 0 Å². The Morgan fingerprint density at radius 3 is 2.73 bits per heavy atom. The van der Waals surface area contributed by atoms with Gasteiger partial charge in [-0.05, 0) is 39.5 Å². The number of rotatable bonds is 9. The van der Waals surface area contributed by atoms with Gasteiger partial charge in [-0.15, -0.1) is 0 Å². The summed E-state index contributed by atoms with van der Waals surface area (Å²) in [4.78, 5) is 14.1. The number of hydrogen-bond acceptors (Lipinski definition) is 5. The maximum atomic E-state index is 12.2. The normalized spacial score (nSPS) is 22.8. The highest BCUT2D eigenvalue weighted by Crippen LogP contribution is 2.36. The smallest absolute Gasteiger partial charge is 0.317 e. The molecule has 152 valence electrons. The van der Waals surface area contributed by atoms with E-state index in [2.05, 4.69) is 5.32 Å². The first-order valence-corrected chi connectivity index (χ1v) is 9.93. The lowest BCUT2D eigenvalue weighted by atomic mass is 9.83. The molecule has 0 saturated carbocycles. The van der Waals surface area contributed by atoms with Gasteiger partial charge in [0.05, 0.1) is 31.0 Å². The van der Waals surface area contributed by atoms with Crippen molar-refractivity contribution in [1.29, 1.82) is 0 Å². The average molecular weight is 373 g/mol. The molecule has 2 rings (SSSR count). The van der Waals surface area contributed by atoms with Crippen LogP contribution in [0.3, 0.4) is 0 Å². The van der Waals surface area contributed by atoms with Crippen LogP contribution >= 0.6 is 0 Å². The first-order valence-electron chi connectivity index (χ1n) is 9.93. The number of methoxy groups -OCH3 is 1. The maximum absolute atomic E-state index is 12.2. The van der Waals surface area contributed by atoms with E-state index >= 15 is 0 Å². The molecule has 0 aromatic rings. The van der Waals surface area contributed by atoms with E-state index in [4.69, 9.17) is 18.9 Å².